The molecule has 2 aromatic heterocycles. The van der Waals surface area contributed by atoms with Gasteiger partial charge >= 0.3 is 5.63 Å². The summed E-state index contributed by atoms with van der Waals surface area (Å²) in [4.78, 5) is 24.7. The van der Waals surface area contributed by atoms with Gasteiger partial charge in [0.15, 0.2) is 0 Å². The van der Waals surface area contributed by atoms with Crippen LogP contribution in [0.15, 0.2) is 62.4 Å². The molecule has 4 rings (SSSR count). The molecule has 6 heteroatoms. The van der Waals surface area contributed by atoms with E-state index in [9.17, 15) is 9.59 Å². The van der Waals surface area contributed by atoms with Crippen LogP contribution in [-0.4, -0.2) is 23.7 Å². The normalized spacial score (nSPS) is 12.4. The molecule has 0 bridgehead atoms. The van der Waals surface area contributed by atoms with Gasteiger partial charge in [-0.25, -0.2) is 4.79 Å². The molecule has 1 atom stereocenters. The SMILES string of the molecule is Cc1c(CC(=O)N[C@@H](C)CO)c(=O)oc2cc3occ(-c4ccccc4)c3cc12. The summed E-state index contributed by atoms with van der Waals surface area (Å²) >= 11 is 0. The number of amides is 1. The summed E-state index contributed by atoms with van der Waals surface area (Å²) in [6, 6.07) is 13.2. The number of hydrogen-bond acceptors (Lipinski definition) is 5. The molecular formula is C23H21NO5. The van der Waals surface area contributed by atoms with Gasteiger partial charge in [-0.3, -0.25) is 4.79 Å². The lowest BCUT2D eigenvalue weighted by molar-refractivity contribution is -0.121. The number of benzene rings is 2. The second kappa shape index (κ2) is 7.56. The predicted octanol–water partition coefficient (Wildman–Crippen LogP) is 3.55. The monoisotopic (exact) mass is 391 g/mol. The predicted molar refractivity (Wildman–Crippen MR) is 111 cm³/mol. The zero-order valence-corrected chi connectivity index (χ0v) is 16.2. The lowest BCUT2D eigenvalue weighted by Crippen LogP contribution is -2.37. The first-order valence-corrected chi connectivity index (χ1v) is 9.41. The van der Waals surface area contributed by atoms with Crippen molar-refractivity contribution >= 4 is 27.8 Å². The summed E-state index contributed by atoms with van der Waals surface area (Å²) in [5.41, 5.74) is 3.48. The van der Waals surface area contributed by atoms with E-state index in [-0.39, 0.29) is 25.0 Å². The molecule has 2 aromatic carbocycles. The smallest absolute Gasteiger partial charge is 0.340 e. The summed E-state index contributed by atoms with van der Waals surface area (Å²) < 4.78 is 11.2. The molecule has 0 spiro atoms. The van der Waals surface area contributed by atoms with E-state index in [4.69, 9.17) is 13.9 Å². The Labute approximate surface area is 166 Å². The number of aliphatic hydroxyl groups is 1. The summed E-state index contributed by atoms with van der Waals surface area (Å²) in [6.45, 7) is 3.33. The lowest BCUT2D eigenvalue weighted by atomic mass is 9.99. The molecule has 0 aliphatic heterocycles. The van der Waals surface area contributed by atoms with Crippen molar-refractivity contribution in [3.63, 3.8) is 0 Å². The fraction of sp³-hybridized carbons (Fsp3) is 0.217. The van der Waals surface area contributed by atoms with E-state index in [1.165, 1.54) is 0 Å². The number of rotatable bonds is 5. The second-order valence-electron chi connectivity index (χ2n) is 7.18. The number of aliphatic hydroxyl groups excluding tert-OH is 1. The van der Waals surface area contributed by atoms with Gasteiger partial charge in [0, 0.05) is 28.4 Å². The number of furan rings is 1. The number of fused-ring (bicyclic) bond motifs is 2. The third-order valence-electron chi connectivity index (χ3n) is 5.08. The molecule has 0 aliphatic carbocycles. The van der Waals surface area contributed by atoms with Crippen LogP contribution in [-0.2, 0) is 11.2 Å². The Morgan fingerprint density at radius 3 is 2.62 bits per heavy atom. The largest absolute Gasteiger partial charge is 0.464 e. The fourth-order valence-electron chi connectivity index (χ4n) is 3.49. The summed E-state index contributed by atoms with van der Waals surface area (Å²) in [5, 5.41) is 13.4. The minimum atomic E-state index is -0.545. The van der Waals surface area contributed by atoms with Crippen molar-refractivity contribution in [3.05, 3.63) is 70.3 Å². The lowest BCUT2D eigenvalue weighted by Gasteiger charge is -2.12. The Morgan fingerprint density at radius 2 is 1.90 bits per heavy atom. The van der Waals surface area contributed by atoms with Gasteiger partial charge in [0.25, 0.3) is 0 Å². The summed E-state index contributed by atoms with van der Waals surface area (Å²) in [5.74, 6) is -0.337. The van der Waals surface area contributed by atoms with E-state index in [1.54, 1.807) is 19.3 Å². The molecular weight excluding hydrogens is 370 g/mol. The van der Waals surface area contributed by atoms with E-state index < -0.39 is 5.63 Å². The molecule has 6 nitrogen and oxygen atoms in total. The van der Waals surface area contributed by atoms with Gasteiger partial charge in [-0.2, -0.15) is 0 Å². The standard InChI is InChI=1S/C23H21NO5/c1-13(11-25)24-22(26)9-17-14(2)16-8-18-19(15-6-4-3-5-7-15)12-28-20(18)10-21(16)29-23(17)27/h3-8,10,12-13,25H,9,11H2,1-2H3,(H,24,26)/t13-/m0/s1. The van der Waals surface area contributed by atoms with Gasteiger partial charge in [-0.1, -0.05) is 30.3 Å². The van der Waals surface area contributed by atoms with E-state index in [2.05, 4.69) is 5.32 Å². The molecule has 4 aromatic rings. The number of hydrogen-bond donors (Lipinski definition) is 2. The van der Waals surface area contributed by atoms with Crippen molar-refractivity contribution in [1.82, 2.24) is 5.32 Å². The molecule has 0 saturated carbocycles. The Hall–Kier alpha value is -3.38. The quantitative estimate of drug-likeness (QED) is 0.508. The zero-order chi connectivity index (χ0) is 20.5. The van der Waals surface area contributed by atoms with Crippen LogP contribution in [0.5, 0.6) is 0 Å². The Kier molecular flexibility index (Phi) is 4.94. The van der Waals surface area contributed by atoms with Crippen molar-refractivity contribution in [1.29, 1.82) is 0 Å². The van der Waals surface area contributed by atoms with Gasteiger partial charge in [0.2, 0.25) is 5.91 Å². The maximum atomic E-state index is 12.5. The highest BCUT2D eigenvalue weighted by Gasteiger charge is 2.18. The first-order valence-electron chi connectivity index (χ1n) is 9.41. The highest BCUT2D eigenvalue weighted by Crippen LogP contribution is 2.34. The molecule has 0 fully saturated rings. The first-order chi connectivity index (χ1) is 14.0. The summed E-state index contributed by atoms with van der Waals surface area (Å²) in [6.07, 6.45) is 1.58. The third kappa shape index (κ3) is 3.54. The van der Waals surface area contributed by atoms with E-state index in [0.717, 1.165) is 21.9 Å². The molecule has 2 N–H and O–H groups in total. The molecule has 1 amide bonds. The first kappa shape index (κ1) is 19.0. The molecule has 148 valence electrons. The highest BCUT2D eigenvalue weighted by atomic mass is 16.4. The Balaban J connectivity index is 1.82. The third-order valence-corrected chi connectivity index (χ3v) is 5.08. The van der Waals surface area contributed by atoms with Gasteiger partial charge in [0.1, 0.15) is 11.2 Å². The Bertz CT molecular complexity index is 1250. The average molecular weight is 391 g/mol. The van der Waals surface area contributed by atoms with Gasteiger partial charge in [0.05, 0.1) is 24.9 Å². The van der Waals surface area contributed by atoms with E-state index in [0.29, 0.717) is 22.3 Å². The fourth-order valence-corrected chi connectivity index (χ4v) is 3.49. The number of nitrogens with one attached hydrogen (secondary N) is 1. The van der Waals surface area contributed by atoms with Crippen LogP contribution in [0, 0.1) is 6.92 Å². The molecule has 0 radical (unpaired) electrons. The second-order valence-corrected chi connectivity index (χ2v) is 7.18. The van der Waals surface area contributed by atoms with Crippen LogP contribution in [0.25, 0.3) is 33.1 Å². The minimum absolute atomic E-state index is 0.108. The van der Waals surface area contributed by atoms with Crippen molar-refractivity contribution in [2.24, 2.45) is 0 Å². The molecule has 2 heterocycles. The molecule has 29 heavy (non-hydrogen) atoms. The summed E-state index contributed by atoms with van der Waals surface area (Å²) in [7, 11) is 0. The number of aryl methyl sites for hydroxylation is 1. The van der Waals surface area contributed by atoms with Crippen molar-refractivity contribution < 1.29 is 18.7 Å². The van der Waals surface area contributed by atoms with Crippen LogP contribution < -0.4 is 10.9 Å². The van der Waals surface area contributed by atoms with Crippen LogP contribution in [0.4, 0.5) is 0 Å². The van der Waals surface area contributed by atoms with Crippen molar-refractivity contribution in [2.75, 3.05) is 6.61 Å². The van der Waals surface area contributed by atoms with Gasteiger partial charge in [-0.05, 0) is 31.0 Å². The van der Waals surface area contributed by atoms with Crippen LogP contribution >= 0.6 is 0 Å². The maximum absolute atomic E-state index is 12.5. The average Bonchev–Trinajstić information content (AvgIpc) is 3.13. The van der Waals surface area contributed by atoms with Crippen LogP contribution in [0.3, 0.4) is 0 Å². The topological polar surface area (TPSA) is 92.7 Å². The van der Waals surface area contributed by atoms with E-state index in [1.807, 2.05) is 43.3 Å². The van der Waals surface area contributed by atoms with E-state index >= 15 is 0 Å². The number of carbonyl (C=O) groups is 1. The molecule has 0 aliphatic rings. The minimum Gasteiger partial charge on any atom is -0.464 e. The number of carbonyl (C=O) groups excluding carboxylic acids is 1. The van der Waals surface area contributed by atoms with Gasteiger partial charge < -0.3 is 19.3 Å². The van der Waals surface area contributed by atoms with Gasteiger partial charge in [-0.15, -0.1) is 0 Å². The molecule has 0 unspecified atom stereocenters. The van der Waals surface area contributed by atoms with Crippen molar-refractivity contribution in [2.45, 2.75) is 26.3 Å². The zero-order valence-electron chi connectivity index (χ0n) is 16.2. The highest BCUT2D eigenvalue weighted by molar-refractivity contribution is 6.02. The molecule has 0 saturated heterocycles. The van der Waals surface area contributed by atoms with Crippen LogP contribution in [0.1, 0.15) is 18.1 Å². The van der Waals surface area contributed by atoms with Crippen molar-refractivity contribution in [3.8, 4) is 11.1 Å². The van der Waals surface area contributed by atoms with Crippen LogP contribution in [0.2, 0.25) is 0 Å². The Morgan fingerprint density at radius 1 is 1.14 bits per heavy atom. The maximum Gasteiger partial charge on any atom is 0.340 e.